The lowest BCUT2D eigenvalue weighted by Gasteiger charge is -2.01. The minimum Gasteiger partial charge on any atom is -0.241 e. The quantitative estimate of drug-likeness (QED) is 0.621. The summed E-state index contributed by atoms with van der Waals surface area (Å²) in [6.45, 7) is 0. The zero-order valence-electron chi connectivity index (χ0n) is 6.47. The molecular weight excluding hydrogens is 289 g/mol. The normalized spacial score (nSPS) is 10.1. The van der Waals surface area contributed by atoms with Crippen molar-refractivity contribution in [2.75, 3.05) is 0 Å². The second-order valence-electron chi connectivity index (χ2n) is 2.36. The van der Waals surface area contributed by atoms with Crippen LogP contribution in [0.4, 0.5) is 8.78 Å². The van der Waals surface area contributed by atoms with Crippen LogP contribution in [-0.2, 0) is 6.42 Å². The molecule has 1 aromatic heterocycles. The monoisotopic (exact) mass is 294 g/mol. The Kier molecular flexibility index (Phi) is 3.54. The maximum Gasteiger partial charge on any atom is 0.280 e. The summed E-state index contributed by atoms with van der Waals surface area (Å²) in [5.74, 6) is 0. The van der Waals surface area contributed by atoms with Crippen molar-refractivity contribution < 1.29 is 8.78 Å². The van der Waals surface area contributed by atoms with Crippen LogP contribution in [0.15, 0.2) is 12.1 Å². The number of alkyl halides is 2. The lowest BCUT2D eigenvalue weighted by molar-refractivity contribution is 0.146. The van der Waals surface area contributed by atoms with Gasteiger partial charge in [0.2, 0.25) is 0 Å². The Hall–Kier alpha value is -0.770. The lowest BCUT2D eigenvalue weighted by Crippen LogP contribution is -1.95. The van der Waals surface area contributed by atoms with Crippen LogP contribution in [0.5, 0.6) is 0 Å². The summed E-state index contributed by atoms with van der Waals surface area (Å²) < 4.78 is 24.9. The minimum absolute atomic E-state index is 0.137. The largest absolute Gasteiger partial charge is 0.280 e. The van der Waals surface area contributed by atoms with Gasteiger partial charge in [0, 0.05) is 0 Å². The van der Waals surface area contributed by atoms with Crippen LogP contribution in [0.25, 0.3) is 0 Å². The van der Waals surface area contributed by atoms with Crippen LogP contribution in [0.3, 0.4) is 0 Å². The summed E-state index contributed by atoms with van der Waals surface area (Å²) in [4.78, 5) is 3.64. The Bertz CT molecular complexity index is 346. The van der Waals surface area contributed by atoms with E-state index in [9.17, 15) is 8.78 Å². The first-order valence-corrected chi connectivity index (χ1v) is 4.53. The Morgan fingerprint density at radius 1 is 1.54 bits per heavy atom. The van der Waals surface area contributed by atoms with Crippen molar-refractivity contribution in [3.8, 4) is 6.07 Å². The van der Waals surface area contributed by atoms with Gasteiger partial charge < -0.3 is 0 Å². The van der Waals surface area contributed by atoms with Crippen LogP contribution < -0.4 is 0 Å². The smallest absolute Gasteiger partial charge is 0.241 e. The van der Waals surface area contributed by atoms with E-state index in [0.29, 0.717) is 9.26 Å². The molecule has 0 bridgehead atoms. The molecule has 0 saturated carbocycles. The third kappa shape index (κ3) is 2.88. The summed E-state index contributed by atoms with van der Waals surface area (Å²) in [5, 5.41) is 8.38. The zero-order valence-corrected chi connectivity index (χ0v) is 8.62. The molecule has 0 saturated heterocycles. The molecule has 0 amide bonds. The van der Waals surface area contributed by atoms with Crippen LogP contribution in [0, 0.1) is 15.0 Å². The van der Waals surface area contributed by atoms with E-state index in [1.165, 1.54) is 6.07 Å². The Labute approximate surface area is 87.7 Å². The van der Waals surface area contributed by atoms with Crippen LogP contribution in [0.2, 0.25) is 0 Å². The number of nitriles is 1. The van der Waals surface area contributed by atoms with Crippen molar-refractivity contribution in [3.05, 3.63) is 27.1 Å². The highest BCUT2D eigenvalue weighted by molar-refractivity contribution is 14.1. The maximum atomic E-state index is 12.2. The topological polar surface area (TPSA) is 36.7 Å². The predicted molar refractivity (Wildman–Crippen MR) is 51.2 cm³/mol. The van der Waals surface area contributed by atoms with E-state index in [-0.39, 0.29) is 12.1 Å². The molecule has 1 rings (SSSR count). The van der Waals surface area contributed by atoms with E-state index in [1.54, 1.807) is 6.07 Å². The van der Waals surface area contributed by atoms with E-state index in [2.05, 4.69) is 4.98 Å². The highest BCUT2D eigenvalue weighted by Gasteiger charge is 2.10. The standard InChI is InChI=1S/C8H5F2IN2/c9-8(10)6-3-5(1-2-12)4-7(11)13-6/h3-4,8H,1H2. The molecule has 13 heavy (non-hydrogen) atoms. The first-order valence-electron chi connectivity index (χ1n) is 3.45. The predicted octanol–water partition coefficient (Wildman–Crippen LogP) is 2.69. The summed E-state index contributed by atoms with van der Waals surface area (Å²) in [6.07, 6.45) is -2.44. The third-order valence-electron chi connectivity index (χ3n) is 1.38. The van der Waals surface area contributed by atoms with Gasteiger partial charge in [0.05, 0.1) is 12.5 Å². The van der Waals surface area contributed by atoms with Gasteiger partial charge in [-0.2, -0.15) is 5.26 Å². The number of nitrogens with zero attached hydrogens (tertiary/aromatic N) is 2. The van der Waals surface area contributed by atoms with E-state index < -0.39 is 6.43 Å². The van der Waals surface area contributed by atoms with Gasteiger partial charge in [-0.25, -0.2) is 13.8 Å². The van der Waals surface area contributed by atoms with Crippen LogP contribution in [-0.4, -0.2) is 4.98 Å². The van der Waals surface area contributed by atoms with Crippen molar-refractivity contribution in [2.24, 2.45) is 0 Å². The summed E-state index contributed by atoms with van der Waals surface area (Å²) in [5.41, 5.74) is 0.314. The first kappa shape index (κ1) is 10.3. The number of hydrogen-bond donors (Lipinski definition) is 0. The highest BCUT2D eigenvalue weighted by Crippen LogP contribution is 2.19. The molecule has 0 aliphatic heterocycles. The van der Waals surface area contributed by atoms with Crippen LogP contribution in [0.1, 0.15) is 17.7 Å². The Balaban J connectivity index is 3.05. The highest BCUT2D eigenvalue weighted by atomic mass is 127. The average molecular weight is 294 g/mol. The first-order chi connectivity index (χ1) is 6.13. The van der Waals surface area contributed by atoms with Crippen molar-refractivity contribution >= 4 is 22.6 Å². The van der Waals surface area contributed by atoms with Crippen molar-refractivity contribution in [1.29, 1.82) is 5.26 Å². The second kappa shape index (κ2) is 4.46. The number of halogens is 3. The number of rotatable bonds is 2. The number of aromatic nitrogens is 1. The molecule has 0 atom stereocenters. The fourth-order valence-corrected chi connectivity index (χ4v) is 1.56. The summed E-state index contributed by atoms with van der Waals surface area (Å²) in [7, 11) is 0. The Morgan fingerprint density at radius 3 is 2.77 bits per heavy atom. The van der Waals surface area contributed by atoms with E-state index in [4.69, 9.17) is 5.26 Å². The lowest BCUT2D eigenvalue weighted by atomic mass is 10.2. The zero-order chi connectivity index (χ0) is 9.84. The van der Waals surface area contributed by atoms with Gasteiger partial charge in [-0.1, -0.05) is 0 Å². The summed E-state index contributed by atoms with van der Waals surface area (Å²) in [6, 6.07) is 4.78. The molecule has 0 aromatic carbocycles. The van der Waals surface area contributed by atoms with Gasteiger partial charge in [-0.05, 0) is 40.3 Å². The SMILES string of the molecule is N#CCc1cc(I)nc(C(F)F)c1. The summed E-state index contributed by atoms with van der Waals surface area (Å²) >= 11 is 1.85. The molecule has 2 nitrogen and oxygen atoms in total. The molecule has 0 spiro atoms. The van der Waals surface area contributed by atoms with E-state index in [0.717, 1.165) is 0 Å². The van der Waals surface area contributed by atoms with Gasteiger partial charge in [0.15, 0.2) is 0 Å². The van der Waals surface area contributed by atoms with Gasteiger partial charge in [0.1, 0.15) is 9.39 Å². The van der Waals surface area contributed by atoms with Gasteiger partial charge in [-0.3, -0.25) is 0 Å². The van der Waals surface area contributed by atoms with Gasteiger partial charge >= 0.3 is 0 Å². The molecule has 0 unspecified atom stereocenters. The molecule has 5 heteroatoms. The van der Waals surface area contributed by atoms with Crippen LogP contribution >= 0.6 is 22.6 Å². The van der Waals surface area contributed by atoms with Gasteiger partial charge in [0.25, 0.3) is 6.43 Å². The van der Waals surface area contributed by atoms with E-state index >= 15 is 0 Å². The maximum absolute atomic E-state index is 12.2. The average Bonchev–Trinajstić information content (AvgIpc) is 2.03. The molecule has 0 N–H and O–H groups in total. The number of pyridine rings is 1. The molecular formula is C8H5F2IN2. The van der Waals surface area contributed by atoms with Gasteiger partial charge in [-0.15, -0.1) is 0 Å². The molecule has 1 aromatic rings. The molecule has 68 valence electrons. The van der Waals surface area contributed by atoms with E-state index in [1.807, 2.05) is 28.7 Å². The molecule has 0 aliphatic carbocycles. The van der Waals surface area contributed by atoms with Crippen molar-refractivity contribution in [1.82, 2.24) is 4.98 Å². The molecule has 0 aliphatic rings. The third-order valence-corrected chi connectivity index (χ3v) is 1.93. The molecule has 1 heterocycles. The number of hydrogen-bond acceptors (Lipinski definition) is 2. The minimum atomic E-state index is -2.58. The fourth-order valence-electron chi connectivity index (χ4n) is 0.878. The second-order valence-corrected chi connectivity index (χ2v) is 3.46. The molecule has 0 fully saturated rings. The fraction of sp³-hybridized carbons (Fsp3) is 0.250. The van der Waals surface area contributed by atoms with Crippen molar-refractivity contribution in [2.45, 2.75) is 12.8 Å². The van der Waals surface area contributed by atoms with Crippen molar-refractivity contribution in [3.63, 3.8) is 0 Å². The molecule has 0 radical (unpaired) electrons. The Morgan fingerprint density at radius 2 is 2.23 bits per heavy atom.